The first-order valence-corrected chi connectivity index (χ1v) is 8.26. The maximum atomic E-state index is 9.27. The van der Waals surface area contributed by atoms with E-state index in [0.29, 0.717) is 12.1 Å². The van der Waals surface area contributed by atoms with Gasteiger partial charge in [-0.05, 0) is 42.7 Å². The van der Waals surface area contributed by atoms with Crippen LogP contribution in [0.15, 0.2) is 6.07 Å². The van der Waals surface area contributed by atoms with Crippen molar-refractivity contribution < 1.29 is 5.11 Å². The first-order chi connectivity index (χ1) is 8.91. The van der Waals surface area contributed by atoms with E-state index < -0.39 is 0 Å². The third kappa shape index (κ3) is 3.72. The number of hydrogen-bond donors (Lipinski definition) is 2. The maximum Gasteiger partial charge on any atom is 0.0934 e. The molecule has 1 heterocycles. The zero-order valence-electron chi connectivity index (χ0n) is 12.0. The molecule has 0 bridgehead atoms. The number of aryl methyl sites for hydroxylation is 1. The lowest BCUT2D eigenvalue weighted by molar-refractivity contribution is 0.181. The second kappa shape index (κ2) is 6.13. The van der Waals surface area contributed by atoms with Crippen LogP contribution in [0, 0.1) is 5.41 Å². The molecular weight excluding hydrogens is 278 g/mol. The Morgan fingerprint density at radius 3 is 2.89 bits per heavy atom. The Kier molecular flexibility index (Phi) is 4.93. The average Bonchev–Trinajstić information content (AvgIpc) is 2.68. The fourth-order valence-electron chi connectivity index (χ4n) is 2.83. The van der Waals surface area contributed by atoms with E-state index in [4.69, 9.17) is 11.6 Å². The Morgan fingerprint density at radius 2 is 2.26 bits per heavy atom. The van der Waals surface area contributed by atoms with Crippen molar-refractivity contribution in [1.82, 2.24) is 5.32 Å². The van der Waals surface area contributed by atoms with Crippen molar-refractivity contribution >= 4 is 22.9 Å². The van der Waals surface area contributed by atoms with Gasteiger partial charge in [0.2, 0.25) is 0 Å². The first kappa shape index (κ1) is 15.3. The first-order valence-electron chi connectivity index (χ1n) is 7.07. The molecule has 108 valence electrons. The van der Waals surface area contributed by atoms with E-state index in [1.807, 2.05) is 0 Å². The van der Waals surface area contributed by atoms with E-state index in [2.05, 4.69) is 32.2 Å². The summed E-state index contributed by atoms with van der Waals surface area (Å²) in [6.45, 7) is 6.92. The summed E-state index contributed by atoms with van der Waals surface area (Å²) in [5, 5.41) is 13.0. The topological polar surface area (TPSA) is 32.3 Å². The Balaban J connectivity index is 2.14. The molecule has 1 aliphatic carbocycles. The maximum absolute atomic E-state index is 9.27. The van der Waals surface area contributed by atoms with Gasteiger partial charge >= 0.3 is 0 Å². The second-order valence-corrected chi connectivity index (χ2v) is 8.24. The normalized spacial score (nSPS) is 21.2. The molecule has 0 saturated carbocycles. The zero-order chi connectivity index (χ0) is 14.0. The summed E-state index contributed by atoms with van der Waals surface area (Å²) >= 11 is 7.87. The van der Waals surface area contributed by atoms with Crippen LogP contribution < -0.4 is 5.32 Å². The van der Waals surface area contributed by atoms with Crippen molar-refractivity contribution in [2.24, 2.45) is 5.41 Å². The van der Waals surface area contributed by atoms with Crippen LogP contribution in [0.1, 0.15) is 56.5 Å². The van der Waals surface area contributed by atoms with Crippen molar-refractivity contribution in [3.05, 3.63) is 20.8 Å². The van der Waals surface area contributed by atoms with E-state index >= 15 is 0 Å². The molecule has 0 amide bonds. The fourth-order valence-corrected chi connectivity index (χ4v) is 4.22. The van der Waals surface area contributed by atoms with Crippen molar-refractivity contribution in [3.8, 4) is 0 Å². The number of hydrogen-bond acceptors (Lipinski definition) is 3. The van der Waals surface area contributed by atoms with Gasteiger partial charge in [-0.15, -0.1) is 11.3 Å². The van der Waals surface area contributed by atoms with Crippen molar-refractivity contribution in [1.29, 1.82) is 0 Å². The number of aliphatic hydroxyl groups excluding tert-OH is 1. The van der Waals surface area contributed by atoms with Crippen LogP contribution in [-0.4, -0.2) is 17.8 Å². The Morgan fingerprint density at radius 1 is 1.53 bits per heavy atom. The molecule has 0 aliphatic heterocycles. The second-order valence-electron chi connectivity index (χ2n) is 6.47. The fraction of sp³-hybridized carbons (Fsp3) is 0.733. The Bertz CT molecular complexity index is 424. The van der Waals surface area contributed by atoms with Gasteiger partial charge in [0.15, 0.2) is 0 Å². The minimum absolute atomic E-state index is 0.153. The SMILES string of the molecule is CC(C)(C)C(CCO)NC1CCCc2sc(Cl)cc21. The van der Waals surface area contributed by atoms with E-state index in [9.17, 15) is 5.11 Å². The molecule has 0 spiro atoms. The highest BCUT2D eigenvalue weighted by Gasteiger charge is 2.30. The summed E-state index contributed by atoms with van der Waals surface area (Å²) in [7, 11) is 0. The monoisotopic (exact) mass is 301 g/mol. The van der Waals surface area contributed by atoms with Crippen LogP contribution in [0.25, 0.3) is 0 Å². The highest BCUT2D eigenvalue weighted by Crippen LogP contribution is 2.39. The average molecular weight is 302 g/mol. The molecule has 1 aliphatic rings. The van der Waals surface area contributed by atoms with Gasteiger partial charge in [0, 0.05) is 23.6 Å². The summed E-state index contributed by atoms with van der Waals surface area (Å²) in [4.78, 5) is 1.44. The van der Waals surface area contributed by atoms with Crippen LogP contribution in [0.5, 0.6) is 0 Å². The lowest BCUT2D eigenvalue weighted by atomic mass is 9.83. The van der Waals surface area contributed by atoms with Crippen LogP contribution >= 0.6 is 22.9 Å². The Labute approximate surface area is 125 Å². The van der Waals surface area contributed by atoms with Gasteiger partial charge in [0.05, 0.1) is 4.34 Å². The largest absolute Gasteiger partial charge is 0.396 e. The zero-order valence-corrected chi connectivity index (χ0v) is 13.6. The molecule has 0 radical (unpaired) electrons. The smallest absolute Gasteiger partial charge is 0.0934 e. The minimum Gasteiger partial charge on any atom is -0.396 e. The van der Waals surface area contributed by atoms with Crippen molar-refractivity contribution in [3.63, 3.8) is 0 Å². The highest BCUT2D eigenvalue weighted by atomic mass is 35.5. The summed E-state index contributed by atoms with van der Waals surface area (Å²) in [5.74, 6) is 0. The molecule has 2 N–H and O–H groups in total. The van der Waals surface area contributed by atoms with E-state index in [1.54, 1.807) is 11.3 Å². The highest BCUT2D eigenvalue weighted by molar-refractivity contribution is 7.16. The molecule has 4 heteroatoms. The molecule has 0 aromatic carbocycles. The molecule has 0 fully saturated rings. The molecule has 2 unspecified atom stereocenters. The minimum atomic E-state index is 0.153. The third-order valence-corrected chi connectivity index (χ3v) is 5.29. The summed E-state index contributed by atoms with van der Waals surface area (Å²) in [5.41, 5.74) is 1.54. The summed E-state index contributed by atoms with van der Waals surface area (Å²) in [6.07, 6.45) is 4.34. The van der Waals surface area contributed by atoms with E-state index in [0.717, 1.165) is 23.6 Å². The molecule has 2 nitrogen and oxygen atoms in total. The van der Waals surface area contributed by atoms with E-state index in [1.165, 1.54) is 16.9 Å². The number of rotatable bonds is 4. The predicted molar refractivity (Wildman–Crippen MR) is 83.1 cm³/mol. The number of nitrogens with one attached hydrogen (secondary N) is 1. The van der Waals surface area contributed by atoms with Gasteiger partial charge in [0.1, 0.15) is 0 Å². The van der Waals surface area contributed by atoms with Crippen molar-refractivity contribution in [2.45, 2.75) is 58.5 Å². The quantitative estimate of drug-likeness (QED) is 0.875. The van der Waals surface area contributed by atoms with Gasteiger partial charge in [-0.2, -0.15) is 0 Å². The molecule has 2 atom stereocenters. The number of aliphatic hydroxyl groups is 1. The van der Waals surface area contributed by atoms with Gasteiger partial charge in [-0.3, -0.25) is 0 Å². The van der Waals surface area contributed by atoms with Gasteiger partial charge < -0.3 is 10.4 Å². The van der Waals surface area contributed by atoms with Crippen LogP contribution in [0.2, 0.25) is 4.34 Å². The Hall–Kier alpha value is -0.0900. The molecule has 2 rings (SSSR count). The van der Waals surface area contributed by atoms with Gasteiger partial charge in [-0.25, -0.2) is 0 Å². The number of halogens is 1. The lowest BCUT2D eigenvalue weighted by Gasteiger charge is -2.36. The predicted octanol–water partition coefficient (Wildman–Crippen LogP) is 4.17. The molecule has 19 heavy (non-hydrogen) atoms. The van der Waals surface area contributed by atoms with Crippen LogP contribution in [0.4, 0.5) is 0 Å². The third-order valence-electron chi connectivity index (χ3n) is 3.95. The molecular formula is C15H24ClNOS. The van der Waals surface area contributed by atoms with Crippen LogP contribution in [-0.2, 0) is 6.42 Å². The van der Waals surface area contributed by atoms with Crippen molar-refractivity contribution in [2.75, 3.05) is 6.61 Å². The lowest BCUT2D eigenvalue weighted by Crippen LogP contribution is -2.43. The van der Waals surface area contributed by atoms with Gasteiger partial charge in [0.25, 0.3) is 0 Å². The number of thiophene rings is 1. The standard InChI is InChI=1S/C15H24ClNOS/c1-15(2,3)13(7-8-18)17-11-5-4-6-12-10(11)9-14(16)19-12/h9,11,13,17-18H,4-8H2,1-3H3. The molecule has 1 aromatic heterocycles. The summed E-state index contributed by atoms with van der Waals surface area (Å²) < 4.78 is 0.896. The molecule has 1 aromatic rings. The molecule has 0 saturated heterocycles. The summed E-state index contributed by atoms with van der Waals surface area (Å²) in [6, 6.07) is 2.84. The van der Waals surface area contributed by atoms with Gasteiger partial charge in [-0.1, -0.05) is 32.4 Å². The van der Waals surface area contributed by atoms with E-state index in [-0.39, 0.29) is 12.0 Å². The number of fused-ring (bicyclic) bond motifs is 1. The van der Waals surface area contributed by atoms with Crippen LogP contribution in [0.3, 0.4) is 0 Å².